The summed E-state index contributed by atoms with van der Waals surface area (Å²) in [7, 11) is 1.75. The minimum absolute atomic E-state index is 0.00566. The molecule has 0 aliphatic heterocycles. The maximum absolute atomic E-state index is 11.8. The Kier molecular flexibility index (Phi) is 11.3. The fourth-order valence-corrected chi connectivity index (χ4v) is 2.77. The first-order chi connectivity index (χ1) is 14.7. The maximum Gasteiger partial charge on any atom is 0.250 e. The van der Waals surface area contributed by atoms with E-state index in [2.05, 4.69) is 34.7 Å². The van der Waals surface area contributed by atoms with Gasteiger partial charge in [0.25, 0.3) is 5.56 Å². The fourth-order valence-electron chi connectivity index (χ4n) is 2.77. The third-order valence-electron chi connectivity index (χ3n) is 4.51. The van der Waals surface area contributed by atoms with E-state index in [1.165, 1.54) is 0 Å². The van der Waals surface area contributed by atoms with Gasteiger partial charge in [-0.05, 0) is 23.6 Å². The minimum Gasteiger partial charge on any atom is -0.379 e. The van der Waals surface area contributed by atoms with Crippen LogP contribution in [0.5, 0.6) is 0 Å². The first-order valence-electron chi connectivity index (χ1n) is 10.6. The molecule has 164 valence electrons. The summed E-state index contributed by atoms with van der Waals surface area (Å²) in [6.07, 6.45) is 4.05. The normalized spacial score (nSPS) is 11.5. The van der Waals surface area contributed by atoms with Crippen molar-refractivity contribution < 1.29 is 9.47 Å². The molecule has 0 aliphatic carbocycles. The molecule has 7 heteroatoms. The largest absolute Gasteiger partial charge is 0.379 e. The van der Waals surface area contributed by atoms with Gasteiger partial charge in [0.15, 0.2) is 5.96 Å². The number of rotatable bonds is 13. The Bertz CT molecular complexity index is 803. The van der Waals surface area contributed by atoms with Gasteiger partial charge in [0.2, 0.25) is 0 Å². The van der Waals surface area contributed by atoms with Crippen molar-refractivity contribution in [2.24, 2.45) is 4.99 Å². The summed E-state index contributed by atoms with van der Waals surface area (Å²) in [6, 6.07) is 13.4. The molecule has 0 saturated heterocycles. The van der Waals surface area contributed by atoms with Gasteiger partial charge in [-0.15, -0.1) is 0 Å². The van der Waals surface area contributed by atoms with Crippen LogP contribution in [0.4, 0.5) is 0 Å². The molecule has 7 nitrogen and oxygen atoms in total. The lowest BCUT2D eigenvalue weighted by Crippen LogP contribution is -2.38. The molecule has 0 amide bonds. The lowest BCUT2D eigenvalue weighted by molar-refractivity contribution is 0.0487. The Morgan fingerprint density at radius 2 is 1.70 bits per heavy atom. The van der Waals surface area contributed by atoms with E-state index in [4.69, 9.17) is 9.47 Å². The van der Waals surface area contributed by atoms with Gasteiger partial charge in [0.05, 0.1) is 26.4 Å². The third kappa shape index (κ3) is 9.24. The van der Waals surface area contributed by atoms with Crippen LogP contribution in [-0.4, -0.2) is 50.5 Å². The summed E-state index contributed by atoms with van der Waals surface area (Å²) < 4.78 is 12.7. The van der Waals surface area contributed by atoms with Crippen molar-refractivity contribution >= 4 is 5.96 Å². The molecule has 2 rings (SSSR count). The van der Waals surface area contributed by atoms with Crippen LogP contribution in [0.15, 0.2) is 58.4 Å². The Balaban J connectivity index is 1.64. The Hall–Kier alpha value is -2.64. The topological polar surface area (TPSA) is 76.9 Å². The van der Waals surface area contributed by atoms with E-state index < -0.39 is 0 Å². The van der Waals surface area contributed by atoms with E-state index in [-0.39, 0.29) is 5.56 Å². The van der Waals surface area contributed by atoms with E-state index >= 15 is 0 Å². The highest BCUT2D eigenvalue weighted by molar-refractivity contribution is 5.79. The maximum atomic E-state index is 11.8. The van der Waals surface area contributed by atoms with E-state index in [1.54, 1.807) is 29.9 Å². The summed E-state index contributed by atoms with van der Waals surface area (Å²) >= 11 is 0. The number of aromatic nitrogens is 1. The van der Waals surface area contributed by atoms with Crippen LogP contribution in [0.3, 0.4) is 0 Å². The predicted molar refractivity (Wildman–Crippen MR) is 121 cm³/mol. The molecule has 0 atom stereocenters. The van der Waals surface area contributed by atoms with Crippen LogP contribution in [0.1, 0.15) is 30.9 Å². The molecule has 0 unspecified atom stereocenters. The van der Waals surface area contributed by atoms with Gasteiger partial charge in [-0.3, -0.25) is 9.79 Å². The zero-order chi connectivity index (χ0) is 21.4. The molecule has 0 saturated carbocycles. The van der Waals surface area contributed by atoms with E-state index in [0.717, 1.165) is 36.5 Å². The summed E-state index contributed by atoms with van der Waals surface area (Å²) in [5.74, 6) is 0.734. The lowest BCUT2D eigenvalue weighted by Gasteiger charge is -2.13. The van der Waals surface area contributed by atoms with Crippen molar-refractivity contribution in [2.45, 2.75) is 32.9 Å². The SMILES string of the molecule is CCCCOCCOCCNC(=NC)NCc1ccc(Cn2ccccc2=O)cc1. The van der Waals surface area contributed by atoms with Crippen molar-refractivity contribution in [3.8, 4) is 0 Å². The van der Waals surface area contributed by atoms with Gasteiger partial charge in [-0.25, -0.2) is 0 Å². The van der Waals surface area contributed by atoms with Crippen molar-refractivity contribution in [1.82, 2.24) is 15.2 Å². The number of pyridine rings is 1. The average Bonchev–Trinajstić information content (AvgIpc) is 2.77. The highest BCUT2D eigenvalue weighted by atomic mass is 16.5. The molecule has 2 aromatic rings. The van der Waals surface area contributed by atoms with E-state index in [0.29, 0.717) is 39.5 Å². The van der Waals surface area contributed by atoms with E-state index in [1.807, 2.05) is 18.2 Å². The number of aliphatic imine (C=N–C) groups is 1. The zero-order valence-electron chi connectivity index (χ0n) is 18.1. The molecule has 0 spiro atoms. The predicted octanol–water partition coefficient (Wildman–Crippen LogP) is 2.39. The van der Waals surface area contributed by atoms with Gasteiger partial charge in [-0.1, -0.05) is 43.7 Å². The standard InChI is InChI=1S/C23H34N4O3/c1-3-4-14-29-16-17-30-15-12-25-23(24-2)26-18-20-8-10-21(11-9-20)19-27-13-6-5-7-22(27)28/h5-11,13H,3-4,12,14-19H2,1-2H3,(H2,24,25,26). The van der Waals surface area contributed by atoms with Crippen LogP contribution in [0.25, 0.3) is 0 Å². The third-order valence-corrected chi connectivity index (χ3v) is 4.51. The quantitative estimate of drug-likeness (QED) is 0.299. The van der Waals surface area contributed by atoms with Crippen LogP contribution < -0.4 is 16.2 Å². The van der Waals surface area contributed by atoms with Crippen molar-refractivity contribution in [1.29, 1.82) is 0 Å². The van der Waals surface area contributed by atoms with Gasteiger partial charge in [-0.2, -0.15) is 0 Å². The number of unbranched alkanes of at least 4 members (excludes halogenated alkanes) is 1. The molecule has 2 N–H and O–H groups in total. The smallest absolute Gasteiger partial charge is 0.250 e. The molecule has 0 aliphatic rings. The number of ether oxygens (including phenoxy) is 2. The molecule has 0 radical (unpaired) electrons. The van der Waals surface area contributed by atoms with Crippen LogP contribution >= 0.6 is 0 Å². The minimum atomic E-state index is 0.00566. The summed E-state index contributed by atoms with van der Waals surface area (Å²) in [4.78, 5) is 16.0. The number of benzene rings is 1. The molecular weight excluding hydrogens is 380 g/mol. The van der Waals surface area contributed by atoms with Gasteiger partial charge >= 0.3 is 0 Å². The highest BCUT2D eigenvalue weighted by Crippen LogP contribution is 2.05. The van der Waals surface area contributed by atoms with Gasteiger partial charge in [0.1, 0.15) is 0 Å². The van der Waals surface area contributed by atoms with Crippen LogP contribution in [0.2, 0.25) is 0 Å². The summed E-state index contributed by atoms with van der Waals surface area (Å²) in [5.41, 5.74) is 2.24. The second-order valence-electron chi connectivity index (χ2n) is 6.91. The number of nitrogens with one attached hydrogen (secondary N) is 2. The van der Waals surface area contributed by atoms with Gasteiger partial charge in [0, 0.05) is 39.0 Å². The molecular formula is C23H34N4O3. The van der Waals surface area contributed by atoms with Crippen molar-refractivity contribution in [2.75, 3.05) is 40.0 Å². The first-order valence-corrected chi connectivity index (χ1v) is 10.6. The number of hydrogen-bond acceptors (Lipinski definition) is 4. The van der Waals surface area contributed by atoms with Crippen LogP contribution in [0, 0.1) is 0 Å². The second-order valence-corrected chi connectivity index (χ2v) is 6.91. The Morgan fingerprint density at radius 1 is 0.967 bits per heavy atom. The Labute approximate surface area is 179 Å². The monoisotopic (exact) mass is 414 g/mol. The molecule has 0 bridgehead atoms. The van der Waals surface area contributed by atoms with Crippen molar-refractivity contribution in [3.05, 3.63) is 70.1 Å². The van der Waals surface area contributed by atoms with E-state index in [9.17, 15) is 4.79 Å². The first kappa shape index (κ1) is 23.6. The van der Waals surface area contributed by atoms with Gasteiger partial charge < -0.3 is 24.7 Å². The van der Waals surface area contributed by atoms with Crippen LogP contribution in [-0.2, 0) is 22.6 Å². The molecule has 1 heterocycles. The number of nitrogens with zero attached hydrogens (tertiary/aromatic N) is 2. The summed E-state index contributed by atoms with van der Waals surface area (Å²) in [6.45, 7) is 6.72. The zero-order valence-corrected chi connectivity index (χ0v) is 18.1. The lowest BCUT2D eigenvalue weighted by atomic mass is 10.1. The average molecular weight is 415 g/mol. The second kappa shape index (κ2) is 14.4. The molecule has 1 aromatic heterocycles. The number of guanidine groups is 1. The number of hydrogen-bond donors (Lipinski definition) is 2. The highest BCUT2D eigenvalue weighted by Gasteiger charge is 2.01. The Morgan fingerprint density at radius 3 is 2.40 bits per heavy atom. The van der Waals surface area contributed by atoms with Crippen molar-refractivity contribution in [3.63, 3.8) is 0 Å². The summed E-state index contributed by atoms with van der Waals surface area (Å²) in [5, 5.41) is 6.53. The molecule has 1 aromatic carbocycles. The molecule has 0 fully saturated rings. The fraction of sp³-hybridized carbons (Fsp3) is 0.478. The molecule has 30 heavy (non-hydrogen) atoms.